The molecule has 0 saturated heterocycles. The van der Waals surface area contributed by atoms with E-state index in [4.69, 9.17) is 11.6 Å². The predicted molar refractivity (Wildman–Crippen MR) is 92.2 cm³/mol. The first-order chi connectivity index (χ1) is 11.3. The van der Waals surface area contributed by atoms with E-state index in [9.17, 15) is 5.26 Å². The summed E-state index contributed by atoms with van der Waals surface area (Å²) in [6.07, 6.45) is 1.60. The third kappa shape index (κ3) is 2.30. The summed E-state index contributed by atoms with van der Waals surface area (Å²) >= 11 is 6.02. The van der Waals surface area contributed by atoms with E-state index in [2.05, 4.69) is 16.0 Å². The van der Waals surface area contributed by atoms with Crippen molar-refractivity contribution in [2.75, 3.05) is 0 Å². The van der Waals surface area contributed by atoms with Crippen molar-refractivity contribution in [1.29, 1.82) is 5.26 Å². The summed E-state index contributed by atoms with van der Waals surface area (Å²) in [6.45, 7) is 0. The fourth-order valence-corrected chi connectivity index (χ4v) is 2.94. The van der Waals surface area contributed by atoms with E-state index in [0.717, 1.165) is 32.9 Å². The summed E-state index contributed by atoms with van der Waals surface area (Å²) < 4.78 is 0. The Morgan fingerprint density at radius 1 is 0.957 bits per heavy atom. The van der Waals surface area contributed by atoms with Crippen LogP contribution < -0.4 is 0 Å². The molecule has 4 heteroatoms. The van der Waals surface area contributed by atoms with Crippen molar-refractivity contribution >= 4 is 33.4 Å². The minimum Gasteiger partial charge on any atom is -0.252 e. The molecule has 0 aliphatic carbocycles. The third-order valence-corrected chi connectivity index (χ3v) is 4.00. The highest BCUT2D eigenvalue weighted by Gasteiger charge is 2.11. The molecule has 23 heavy (non-hydrogen) atoms. The smallest absolute Gasteiger partial charge is 0.141 e. The second-order valence-electron chi connectivity index (χ2n) is 5.22. The molecule has 0 saturated carbocycles. The SMILES string of the molecule is N#Cc1cc(-c2ccccc2)c2ccc3cc(Cl)cnc3c2n1. The van der Waals surface area contributed by atoms with Gasteiger partial charge in [0.05, 0.1) is 16.1 Å². The summed E-state index contributed by atoms with van der Waals surface area (Å²) in [5.41, 5.74) is 3.87. The van der Waals surface area contributed by atoms with Gasteiger partial charge in [-0.1, -0.05) is 54.1 Å². The van der Waals surface area contributed by atoms with Crippen LogP contribution in [0.15, 0.2) is 60.8 Å². The molecular formula is C19H10ClN3. The molecule has 0 aliphatic rings. The first-order valence-corrected chi connectivity index (χ1v) is 7.48. The standard InChI is InChI=1S/C19H10ClN3/c20-14-8-13-6-7-16-17(12-4-2-1-3-5-12)9-15(10-21)23-19(16)18(13)22-11-14/h1-9,11H. The summed E-state index contributed by atoms with van der Waals surface area (Å²) in [6, 6.07) is 19.8. The molecule has 108 valence electrons. The van der Waals surface area contributed by atoms with Crippen molar-refractivity contribution in [3.8, 4) is 17.2 Å². The number of nitrogens with zero attached hydrogens (tertiary/aromatic N) is 3. The normalized spacial score (nSPS) is 10.8. The molecule has 0 atom stereocenters. The van der Waals surface area contributed by atoms with E-state index >= 15 is 0 Å². The Bertz CT molecular complexity index is 1080. The molecule has 0 radical (unpaired) electrons. The number of aromatic nitrogens is 2. The number of hydrogen-bond donors (Lipinski definition) is 0. The van der Waals surface area contributed by atoms with E-state index in [0.29, 0.717) is 10.7 Å². The molecule has 0 bridgehead atoms. The molecule has 4 aromatic rings. The molecule has 0 aliphatic heterocycles. The highest BCUT2D eigenvalue weighted by Crippen LogP contribution is 2.32. The first kappa shape index (κ1) is 13.7. The fraction of sp³-hybridized carbons (Fsp3) is 0. The van der Waals surface area contributed by atoms with Crippen LogP contribution in [0.5, 0.6) is 0 Å². The molecule has 3 nitrogen and oxygen atoms in total. The molecule has 2 heterocycles. The number of benzene rings is 2. The number of halogens is 1. The van der Waals surface area contributed by atoms with Crippen LogP contribution >= 0.6 is 11.6 Å². The minimum absolute atomic E-state index is 0.376. The lowest BCUT2D eigenvalue weighted by atomic mass is 9.99. The van der Waals surface area contributed by atoms with Crippen molar-refractivity contribution in [1.82, 2.24) is 9.97 Å². The number of hydrogen-bond acceptors (Lipinski definition) is 3. The number of fused-ring (bicyclic) bond motifs is 3. The average molecular weight is 316 g/mol. The maximum atomic E-state index is 9.33. The maximum Gasteiger partial charge on any atom is 0.141 e. The van der Waals surface area contributed by atoms with Gasteiger partial charge in [0.15, 0.2) is 0 Å². The highest BCUT2D eigenvalue weighted by atomic mass is 35.5. The molecule has 0 N–H and O–H groups in total. The van der Waals surface area contributed by atoms with Gasteiger partial charge in [-0.25, -0.2) is 4.98 Å². The monoisotopic (exact) mass is 315 g/mol. The lowest BCUT2D eigenvalue weighted by Crippen LogP contribution is -1.92. The Morgan fingerprint density at radius 3 is 2.57 bits per heavy atom. The van der Waals surface area contributed by atoms with Crippen LogP contribution in [0.3, 0.4) is 0 Å². The molecule has 2 aromatic carbocycles. The third-order valence-electron chi connectivity index (χ3n) is 3.80. The zero-order valence-electron chi connectivity index (χ0n) is 12.0. The van der Waals surface area contributed by atoms with Crippen LogP contribution in [0.4, 0.5) is 0 Å². The second kappa shape index (κ2) is 5.35. The van der Waals surface area contributed by atoms with Gasteiger partial charge < -0.3 is 0 Å². The fourth-order valence-electron chi connectivity index (χ4n) is 2.77. The Morgan fingerprint density at radius 2 is 1.78 bits per heavy atom. The van der Waals surface area contributed by atoms with Gasteiger partial charge in [0.1, 0.15) is 11.8 Å². The largest absolute Gasteiger partial charge is 0.252 e. The molecule has 0 unspecified atom stereocenters. The van der Waals surface area contributed by atoms with E-state index in [1.165, 1.54) is 0 Å². The molecular weight excluding hydrogens is 306 g/mol. The van der Waals surface area contributed by atoms with Crippen LogP contribution in [0.2, 0.25) is 5.02 Å². The quantitative estimate of drug-likeness (QED) is 0.466. The maximum absolute atomic E-state index is 9.33. The number of rotatable bonds is 1. The van der Waals surface area contributed by atoms with Gasteiger partial charge in [-0.15, -0.1) is 0 Å². The Hall–Kier alpha value is -2.96. The van der Waals surface area contributed by atoms with Crippen molar-refractivity contribution in [2.24, 2.45) is 0 Å². The minimum atomic E-state index is 0.376. The van der Waals surface area contributed by atoms with Crippen molar-refractivity contribution in [3.63, 3.8) is 0 Å². The summed E-state index contributed by atoms with van der Waals surface area (Å²) in [4.78, 5) is 8.89. The summed E-state index contributed by atoms with van der Waals surface area (Å²) in [5, 5.41) is 11.8. The lowest BCUT2D eigenvalue weighted by Gasteiger charge is -2.09. The molecule has 4 rings (SSSR count). The van der Waals surface area contributed by atoms with E-state index < -0.39 is 0 Å². The first-order valence-electron chi connectivity index (χ1n) is 7.11. The molecule has 0 fully saturated rings. The van der Waals surface area contributed by atoms with Crippen LogP contribution in [0.1, 0.15) is 5.69 Å². The van der Waals surface area contributed by atoms with Crippen molar-refractivity contribution in [3.05, 3.63) is 71.5 Å². The van der Waals surface area contributed by atoms with Gasteiger partial charge in [-0.3, -0.25) is 4.98 Å². The van der Waals surface area contributed by atoms with Crippen LogP contribution in [-0.4, -0.2) is 9.97 Å². The van der Waals surface area contributed by atoms with Gasteiger partial charge in [0, 0.05) is 17.0 Å². The van der Waals surface area contributed by atoms with Crippen LogP contribution in [-0.2, 0) is 0 Å². The topological polar surface area (TPSA) is 49.6 Å². The number of nitriles is 1. The Labute approximate surface area is 137 Å². The van der Waals surface area contributed by atoms with E-state index in [1.54, 1.807) is 6.20 Å². The molecule has 0 spiro atoms. The zero-order chi connectivity index (χ0) is 15.8. The van der Waals surface area contributed by atoms with Gasteiger partial charge in [0.25, 0.3) is 0 Å². The lowest BCUT2D eigenvalue weighted by molar-refractivity contribution is 1.32. The Kier molecular flexibility index (Phi) is 3.18. The van der Waals surface area contributed by atoms with Crippen molar-refractivity contribution in [2.45, 2.75) is 0 Å². The highest BCUT2D eigenvalue weighted by molar-refractivity contribution is 6.31. The zero-order valence-corrected chi connectivity index (χ0v) is 12.7. The average Bonchev–Trinajstić information content (AvgIpc) is 2.61. The summed E-state index contributed by atoms with van der Waals surface area (Å²) in [5.74, 6) is 0. The molecule has 2 aromatic heterocycles. The molecule has 0 amide bonds. The second-order valence-corrected chi connectivity index (χ2v) is 5.66. The van der Waals surface area contributed by atoms with Gasteiger partial charge in [-0.2, -0.15) is 5.26 Å². The van der Waals surface area contributed by atoms with Crippen LogP contribution in [0.25, 0.3) is 32.9 Å². The summed E-state index contributed by atoms with van der Waals surface area (Å²) in [7, 11) is 0. The Balaban J connectivity index is 2.16. The van der Waals surface area contributed by atoms with Crippen LogP contribution in [0, 0.1) is 11.3 Å². The van der Waals surface area contributed by atoms with Gasteiger partial charge in [0.2, 0.25) is 0 Å². The van der Waals surface area contributed by atoms with E-state index in [-0.39, 0.29) is 0 Å². The van der Waals surface area contributed by atoms with E-state index in [1.807, 2.05) is 54.6 Å². The number of pyridine rings is 2. The van der Waals surface area contributed by atoms with Crippen molar-refractivity contribution < 1.29 is 0 Å². The predicted octanol–water partition coefficient (Wildman–Crippen LogP) is 4.98. The van der Waals surface area contributed by atoms with Gasteiger partial charge >= 0.3 is 0 Å². The van der Waals surface area contributed by atoms with Gasteiger partial charge in [-0.05, 0) is 23.3 Å².